The number of carboxylic acids is 1. The van der Waals surface area contributed by atoms with Gasteiger partial charge in [-0.1, -0.05) is 62.4 Å². The van der Waals surface area contributed by atoms with Gasteiger partial charge in [0.2, 0.25) is 5.91 Å². The Morgan fingerprint density at radius 2 is 1.56 bits per heavy atom. The standard InChI is InChI=1S/C27H32N2O5/c1-16(2)11-12-24(26(31)32)29-25(30)17-13-18(14-17)28-27(33)34-15-23-21-9-5-3-7-19(21)20-8-4-6-10-22(20)23/h3-10,16-18,23-24H,11-15H2,1-2H3,(H,28,33)(H,29,30)(H,31,32). The van der Waals surface area contributed by atoms with Crippen LogP contribution in [0.2, 0.25) is 0 Å². The second-order valence-corrected chi connectivity index (χ2v) is 9.71. The van der Waals surface area contributed by atoms with Gasteiger partial charge in [-0.05, 0) is 53.9 Å². The summed E-state index contributed by atoms with van der Waals surface area (Å²) >= 11 is 0. The lowest BCUT2D eigenvalue weighted by Crippen LogP contribution is -2.52. The predicted molar refractivity (Wildman–Crippen MR) is 128 cm³/mol. The van der Waals surface area contributed by atoms with Crippen molar-refractivity contribution >= 4 is 18.0 Å². The van der Waals surface area contributed by atoms with Gasteiger partial charge in [0.05, 0.1) is 0 Å². The highest BCUT2D eigenvalue weighted by atomic mass is 16.5. The number of nitrogens with one attached hydrogen (secondary N) is 2. The van der Waals surface area contributed by atoms with Gasteiger partial charge in [-0.2, -0.15) is 0 Å². The first-order chi connectivity index (χ1) is 16.3. The maximum absolute atomic E-state index is 12.4. The van der Waals surface area contributed by atoms with Crippen LogP contribution >= 0.6 is 0 Å². The van der Waals surface area contributed by atoms with Gasteiger partial charge in [-0.3, -0.25) is 4.79 Å². The summed E-state index contributed by atoms with van der Waals surface area (Å²) in [6.07, 6.45) is 1.60. The van der Waals surface area contributed by atoms with Crippen LogP contribution in [0.5, 0.6) is 0 Å². The molecule has 180 valence electrons. The zero-order chi connectivity index (χ0) is 24.2. The van der Waals surface area contributed by atoms with E-state index in [0.29, 0.717) is 25.2 Å². The van der Waals surface area contributed by atoms with E-state index in [2.05, 4.69) is 34.9 Å². The van der Waals surface area contributed by atoms with Crippen molar-refractivity contribution in [3.05, 3.63) is 59.7 Å². The van der Waals surface area contributed by atoms with Gasteiger partial charge in [0.25, 0.3) is 0 Å². The maximum atomic E-state index is 12.4. The van der Waals surface area contributed by atoms with E-state index < -0.39 is 18.1 Å². The van der Waals surface area contributed by atoms with Gasteiger partial charge < -0.3 is 20.5 Å². The minimum Gasteiger partial charge on any atom is -0.480 e. The highest BCUT2D eigenvalue weighted by Crippen LogP contribution is 2.44. The number of carbonyl (C=O) groups excluding carboxylic acids is 2. The van der Waals surface area contributed by atoms with E-state index in [9.17, 15) is 19.5 Å². The molecule has 2 aliphatic carbocycles. The molecule has 0 spiro atoms. The lowest BCUT2D eigenvalue weighted by molar-refractivity contribution is -0.143. The summed E-state index contributed by atoms with van der Waals surface area (Å²) in [5.41, 5.74) is 4.66. The van der Waals surface area contributed by atoms with E-state index in [-0.39, 0.29) is 30.4 Å². The van der Waals surface area contributed by atoms with E-state index in [1.54, 1.807) is 0 Å². The van der Waals surface area contributed by atoms with Crippen LogP contribution < -0.4 is 10.6 Å². The second-order valence-electron chi connectivity index (χ2n) is 9.71. The average molecular weight is 465 g/mol. The second kappa shape index (κ2) is 10.3. The third-order valence-electron chi connectivity index (χ3n) is 6.82. The fraction of sp³-hybridized carbons (Fsp3) is 0.444. The van der Waals surface area contributed by atoms with Crippen LogP contribution in [0.1, 0.15) is 56.6 Å². The predicted octanol–water partition coefficient (Wildman–Crippen LogP) is 4.31. The van der Waals surface area contributed by atoms with Crippen LogP contribution in [0.3, 0.4) is 0 Å². The molecule has 1 unspecified atom stereocenters. The molecule has 34 heavy (non-hydrogen) atoms. The van der Waals surface area contributed by atoms with Crippen LogP contribution in [0.25, 0.3) is 11.1 Å². The first-order valence-corrected chi connectivity index (χ1v) is 12.0. The number of amides is 2. The molecule has 2 aromatic carbocycles. The van der Waals surface area contributed by atoms with E-state index in [0.717, 1.165) is 17.5 Å². The summed E-state index contributed by atoms with van der Waals surface area (Å²) in [7, 11) is 0. The molecule has 0 radical (unpaired) electrons. The third kappa shape index (κ3) is 5.24. The highest BCUT2D eigenvalue weighted by Gasteiger charge is 2.37. The number of ether oxygens (including phenoxy) is 1. The summed E-state index contributed by atoms with van der Waals surface area (Å²) in [5, 5.41) is 14.8. The van der Waals surface area contributed by atoms with Crippen LogP contribution in [-0.2, 0) is 14.3 Å². The van der Waals surface area contributed by atoms with E-state index >= 15 is 0 Å². The summed E-state index contributed by atoms with van der Waals surface area (Å²) in [6, 6.07) is 15.3. The van der Waals surface area contributed by atoms with Gasteiger partial charge in [0.15, 0.2) is 0 Å². The molecule has 7 heteroatoms. The molecule has 0 aliphatic heterocycles. The molecule has 1 saturated carbocycles. The van der Waals surface area contributed by atoms with Crippen molar-refractivity contribution in [2.24, 2.45) is 11.8 Å². The molecular weight excluding hydrogens is 432 g/mol. The minimum atomic E-state index is -1.01. The smallest absolute Gasteiger partial charge is 0.407 e. The summed E-state index contributed by atoms with van der Waals surface area (Å²) in [5.74, 6) is -1.20. The van der Waals surface area contributed by atoms with Crippen LogP contribution in [0.4, 0.5) is 4.79 Å². The Hall–Kier alpha value is -3.35. The van der Waals surface area contributed by atoms with E-state index in [4.69, 9.17) is 4.74 Å². The fourth-order valence-electron chi connectivity index (χ4n) is 4.80. The van der Waals surface area contributed by atoms with Crippen molar-refractivity contribution in [3.63, 3.8) is 0 Å². The van der Waals surface area contributed by atoms with E-state index in [1.165, 1.54) is 11.1 Å². The third-order valence-corrected chi connectivity index (χ3v) is 6.82. The van der Waals surface area contributed by atoms with Gasteiger partial charge in [0, 0.05) is 17.9 Å². The number of carbonyl (C=O) groups is 3. The molecule has 4 rings (SSSR count). The SMILES string of the molecule is CC(C)CCC(NC(=O)C1CC(NC(=O)OCC2c3ccccc3-c3ccccc32)C1)C(=O)O. The van der Waals surface area contributed by atoms with Crippen LogP contribution in [0, 0.1) is 11.8 Å². The number of benzene rings is 2. The fourth-order valence-corrected chi connectivity index (χ4v) is 4.80. The summed E-state index contributed by atoms with van der Waals surface area (Å²) in [6.45, 7) is 4.28. The Morgan fingerprint density at radius 1 is 0.971 bits per heavy atom. The van der Waals surface area contributed by atoms with Gasteiger partial charge in [-0.25, -0.2) is 9.59 Å². The van der Waals surface area contributed by atoms with Gasteiger partial charge in [0.1, 0.15) is 12.6 Å². The molecule has 2 aromatic rings. The lowest BCUT2D eigenvalue weighted by Gasteiger charge is -2.35. The largest absolute Gasteiger partial charge is 0.480 e. The number of rotatable bonds is 9. The Balaban J connectivity index is 1.24. The topological polar surface area (TPSA) is 105 Å². The minimum absolute atomic E-state index is 0.00291. The molecule has 0 bridgehead atoms. The molecule has 2 amide bonds. The van der Waals surface area contributed by atoms with Crippen molar-refractivity contribution in [1.29, 1.82) is 0 Å². The molecule has 0 aromatic heterocycles. The quantitative estimate of drug-likeness (QED) is 0.513. The Kier molecular flexibility index (Phi) is 7.20. The molecule has 0 saturated heterocycles. The Labute approximate surface area is 199 Å². The number of fused-ring (bicyclic) bond motifs is 3. The normalized spacial score (nSPS) is 19.5. The van der Waals surface area contributed by atoms with Crippen LogP contribution in [0.15, 0.2) is 48.5 Å². The number of carboxylic acid groups (broad SMARTS) is 1. The van der Waals surface area contributed by atoms with Crippen molar-refractivity contribution < 1.29 is 24.2 Å². The van der Waals surface area contributed by atoms with Crippen molar-refractivity contribution in [2.75, 3.05) is 6.61 Å². The van der Waals surface area contributed by atoms with Crippen molar-refractivity contribution in [3.8, 4) is 11.1 Å². The summed E-state index contributed by atoms with van der Waals surface area (Å²) < 4.78 is 5.56. The maximum Gasteiger partial charge on any atom is 0.407 e. The summed E-state index contributed by atoms with van der Waals surface area (Å²) in [4.78, 5) is 36.3. The zero-order valence-corrected chi connectivity index (χ0v) is 19.6. The number of hydrogen-bond acceptors (Lipinski definition) is 4. The number of hydrogen-bond donors (Lipinski definition) is 3. The highest BCUT2D eigenvalue weighted by molar-refractivity contribution is 5.86. The van der Waals surface area contributed by atoms with Crippen LogP contribution in [-0.4, -0.2) is 41.8 Å². The first-order valence-electron chi connectivity index (χ1n) is 12.0. The molecule has 0 heterocycles. The molecule has 1 atom stereocenters. The number of alkyl carbamates (subject to hydrolysis) is 1. The molecule has 2 aliphatic rings. The zero-order valence-electron chi connectivity index (χ0n) is 19.6. The Morgan fingerprint density at radius 3 is 2.12 bits per heavy atom. The van der Waals surface area contributed by atoms with E-state index in [1.807, 2.05) is 38.1 Å². The lowest BCUT2D eigenvalue weighted by atomic mass is 9.79. The Bertz CT molecular complexity index is 1010. The average Bonchev–Trinajstić information content (AvgIpc) is 3.10. The molecule has 7 nitrogen and oxygen atoms in total. The first kappa shape index (κ1) is 23.8. The van der Waals surface area contributed by atoms with Gasteiger partial charge in [-0.15, -0.1) is 0 Å². The van der Waals surface area contributed by atoms with Gasteiger partial charge >= 0.3 is 12.1 Å². The molecular formula is C27H32N2O5. The number of aliphatic carboxylic acids is 1. The van der Waals surface area contributed by atoms with Crippen molar-refractivity contribution in [2.45, 2.75) is 57.5 Å². The molecule has 3 N–H and O–H groups in total. The monoisotopic (exact) mass is 464 g/mol. The van der Waals surface area contributed by atoms with Crippen molar-refractivity contribution in [1.82, 2.24) is 10.6 Å². The molecule has 1 fully saturated rings.